The number of halogens is 1. The van der Waals surface area contributed by atoms with E-state index < -0.39 is 28.9 Å². The lowest BCUT2D eigenvalue weighted by atomic mass is 9.85. The van der Waals surface area contributed by atoms with E-state index in [1.807, 2.05) is 119 Å². The van der Waals surface area contributed by atoms with Crippen molar-refractivity contribution in [1.29, 1.82) is 0 Å². The minimum absolute atomic E-state index is 0.125. The maximum absolute atomic E-state index is 13.7. The predicted molar refractivity (Wildman–Crippen MR) is 179 cm³/mol. The number of benzene rings is 3. The zero-order chi connectivity index (χ0) is 32.5. The zero-order valence-electron chi connectivity index (χ0n) is 26.8. The Labute approximate surface area is 267 Å². The van der Waals surface area contributed by atoms with Crippen LogP contribution in [-0.2, 0) is 19.1 Å². The lowest BCUT2D eigenvalue weighted by Crippen LogP contribution is -2.55. The molecular weight excluding hydrogens is 572 g/mol. The SMILES string of the molecule is C[C@@H](NC(=O)[C@@H](NC(=O)[C@H](CC=Cc1ccc(-c2ccccc2)c(Cl)c1)CC(=O)OC(C)(C)C)C(C)(C)C)c1ccccc1. The van der Waals surface area contributed by atoms with E-state index in [-0.39, 0.29) is 30.7 Å². The van der Waals surface area contributed by atoms with Crippen molar-refractivity contribution in [3.63, 3.8) is 0 Å². The second-order valence-corrected chi connectivity index (χ2v) is 13.6. The molecule has 0 aliphatic heterocycles. The molecule has 3 aromatic carbocycles. The fourth-order valence-corrected chi connectivity index (χ4v) is 5.08. The van der Waals surface area contributed by atoms with Crippen molar-refractivity contribution in [3.05, 3.63) is 101 Å². The Balaban J connectivity index is 1.78. The summed E-state index contributed by atoms with van der Waals surface area (Å²) >= 11 is 6.59. The maximum atomic E-state index is 13.7. The maximum Gasteiger partial charge on any atom is 0.307 e. The monoisotopic (exact) mass is 616 g/mol. The van der Waals surface area contributed by atoms with Crippen molar-refractivity contribution in [2.45, 2.75) is 79.0 Å². The van der Waals surface area contributed by atoms with Gasteiger partial charge < -0.3 is 15.4 Å². The smallest absolute Gasteiger partial charge is 0.307 e. The minimum atomic E-state index is -0.824. The molecule has 3 rings (SSSR count). The summed E-state index contributed by atoms with van der Waals surface area (Å²) in [6.45, 7) is 13.0. The summed E-state index contributed by atoms with van der Waals surface area (Å²) in [7, 11) is 0. The summed E-state index contributed by atoms with van der Waals surface area (Å²) in [5, 5.41) is 6.60. The van der Waals surface area contributed by atoms with Crippen LogP contribution in [0.3, 0.4) is 0 Å². The van der Waals surface area contributed by atoms with Crippen LogP contribution in [0.1, 0.15) is 78.5 Å². The second-order valence-electron chi connectivity index (χ2n) is 13.2. The minimum Gasteiger partial charge on any atom is -0.460 e. The first kappa shape index (κ1) is 34.6. The summed E-state index contributed by atoms with van der Waals surface area (Å²) < 4.78 is 5.54. The number of carbonyl (C=O) groups is 3. The van der Waals surface area contributed by atoms with Gasteiger partial charge in [0.1, 0.15) is 11.6 Å². The molecule has 0 radical (unpaired) electrons. The van der Waals surface area contributed by atoms with Crippen LogP contribution in [0, 0.1) is 11.3 Å². The largest absolute Gasteiger partial charge is 0.460 e. The van der Waals surface area contributed by atoms with Crippen molar-refractivity contribution in [3.8, 4) is 11.1 Å². The molecule has 44 heavy (non-hydrogen) atoms. The Hall–Kier alpha value is -3.90. The molecule has 3 atom stereocenters. The Kier molecular flexibility index (Phi) is 12.0. The van der Waals surface area contributed by atoms with Gasteiger partial charge in [-0.15, -0.1) is 0 Å². The molecule has 0 aliphatic rings. The molecule has 0 unspecified atom stereocenters. The Morgan fingerprint density at radius 1 is 0.841 bits per heavy atom. The Morgan fingerprint density at radius 2 is 1.45 bits per heavy atom. The van der Waals surface area contributed by atoms with Crippen molar-refractivity contribution in [1.82, 2.24) is 10.6 Å². The predicted octanol–water partition coefficient (Wildman–Crippen LogP) is 8.17. The van der Waals surface area contributed by atoms with Crippen molar-refractivity contribution in [2.75, 3.05) is 0 Å². The molecule has 0 aromatic heterocycles. The topological polar surface area (TPSA) is 84.5 Å². The van der Waals surface area contributed by atoms with Crippen LogP contribution in [0.15, 0.2) is 84.9 Å². The molecule has 2 amide bonds. The molecule has 0 spiro atoms. The van der Waals surface area contributed by atoms with Gasteiger partial charge in [-0.2, -0.15) is 0 Å². The third-order valence-electron chi connectivity index (χ3n) is 7.09. The Bertz CT molecular complexity index is 1440. The molecule has 2 N–H and O–H groups in total. The highest BCUT2D eigenvalue weighted by molar-refractivity contribution is 6.33. The normalized spacial score (nSPS) is 14.0. The first-order valence-electron chi connectivity index (χ1n) is 15.0. The first-order chi connectivity index (χ1) is 20.6. The average Bonchev–Trinajstić information content (AvgIpc) is 2.94. The van der Waals surface area contributed by atoms with Crippen LogP contribution in [0.2, 0.25) is 5.02 Å². The number of rotatable bonds is 11. The van der Waals surface area contributed by atoms with Gasteiger partial charge in [0.2, 0.25) is 11.8 Å². The second kappa shape index (κ2) is 15.2. The summed E-state index contributed by atoms with van der Waals surface area (Å²) in [5.74, 6) is -1.90. The van der Waals surface area contributed by atoms with E-state index in [4.69, 9.17) is 16.3 Å². The first-order valence-corrected chi connectivity index (χ1v) is 15.4. The average molecular weight is 617 g/mol. The molecule has 6 nitrogen and oxygen atoms in total. The van der Waals surface area contributed by atoms with Gasteiger partial charge in [-0.1, -0.05) is 117 Å². The van der Waals surface area contributed by atoms with Crippen molar-refractivity contribution in [2.24, 2.45) is 11.3 Å². The van der Waals surface area contributed by atoms with Gasteiger partial charge in [0.25, 0.3) is 0 Å². The molecule has 3 aromatic rings. The summed E-state index contributed by atoms with van der Waals surface area (Å²) in [5.41, 5.74) is 2.52. The van der Waals surface area contributed by atoms with Gasteiger partial charge in [-0.25, -0.2) is 0 Å². The van der Waals surface area contributed by atoms with E-state index >= 15 is 0 Å². The molecule has 0 fully saturated rings. The van der Waals surface area contributed by atoms with Crippen LogP contribution in [0.4, 0.5) is 0 Å². The van der Waals surface area contributed by atoms with Crippen LogP contribution in [0.5, 0.6) is 0 Å². The molecule has 0 bridgehead atoms. The number of amides is 2. The third kappa shape index (κ3) is 10.7. The Morgan fingerprint density at radius 3 is 2.02 bits per heavy atom. The molecule has 7 heteroatoms. The highest BCUT2D eigenvalue weighted by atomic mass is 35.5. The van der Waals surface area contributed by atoms with Crippen LogP contribution in [0.25, 0.3) is 17.2 Å². The van der Waals surface area contributed by atoms with Gasteiger partial charge >= 0.3 is 5.97 Å². The molecule has 234 valence electrons. The number of hydrogen-bond acceptors (Lipinski definition) is 4. The van der Waals surface area contributed by atoms with Gasteiger partial charge in [0, 0.05) is 10.6 Å². The van der Waals surface area contributed by atoms with Crippen LogP contribution in [-0.4, -0.2) is 29.4 Å². The lowest BCUT2D eigenvalue weighted by Gasteiger charge is -2.32. The number of ether oxygens (including phenoxy) is 1. The van der Waals surface area contributed by atoms with E-state index in [1.165, 1.54) is 0 Å². The van der Waals surface area contributed by atoms with E-state index in [1.54, 1.807) is 20.8 Å². The van der Waals surface area contributed by atoms with E-state index in [0.717, 1.165) is 22.3 Å². The van der Waals surface area contributed by atoms with Crippen molar-refractivity contribution < 1.29 is 19.1 Å². The third-order valence-corrected chi connectivity index (χ3v) is 7.40. The quantitative estimate of drug-likeness (QED) is 0.213. The summed E-state index contributed by atoms with van der Waals surface area (Å²) in [4.78, 5) is 40.0. The number of hydrogen-bond donors (Lipinski definition) is 2. The van der Waals surface area contributed by atoms with E-state index in [9.17, 15) is 14.4 Å². The molecular formula is C37H45ClN2O4. The highest BCUT2D eigenvalue weighted by Gasteiger charge is 2.35. The number of esters is 1. The number of carbonyl (C=O) groups excluding carboxylic acids is 3. The van der Waals surface area contributed by atoms with E-state index in [2.05, 4.69) is 10.6 Å². The van der Waals surface area contributed by atoms with Gasteiger partial charge in [0.15, 0.2) is 0 Å². The highest BCUT2D eigenvalue weighted by Crippen LogP contribution is 2.29. The lowest BCUT2D eigenvalue weighted by molar-refractivity contribution is -0.157. The van der Waals surface area contributed by atoms with Crippen LogP contribution < -0.4 is 10.6 Å². The molecule has 0 saturated carbocycles. The fourth-order valence-electron chi connectivity index (χ4n) is 4.78. The molecule has 0 heterocycles. The van der Waals surface area contributed by atoms with Gasteiger partial charge in [-0.3, -0.25) is 14.4 Å². The zero-order valence-corrected chi connectivity index (χ0v) is 27.6. The van der Waals surface area contributed by atoms with Gasteiger partial charge in [0.05, 0.1) is 18.4 Å². The van der Waals surface area contributed by atoms with Gasteiger partial charge in [-0.05, 0) is 62.3 Å². The standard InChI is InChI=1S/C37H45ClN2O4/c1-25(27-16-10-8-11-17-27)39-35(43)33(36(2,3)4)40-34(42)29(24-32(41)44-37(5,6)7)20-14-15-26-21-22-30(31(38)23-26)28-18-12-9-13-19-28/h8-19,21-23,25,29,33H,20,24H2,1-7H3,(H,39,43)(H,40,42)/t25-,29-,33-/m1/s1. The summed E-state index contributed by atoms with van der Waals surface area (Å²) in [6.07, 6.45) is 3.87. The number of nitrogens with one attached hydrogen (secondary N) is 2. The van der Waals surface area contributed by atoms with Crippen LogP contribution >= 0.6 is 11.6 Å². The fraction of sp³-hybridized carbons (Fsp3) is 0.378. The summed E-state index contributed by atoms with van der Waals surface area (Å²) in [6, 6.07) is 24.3. The molecule has 0 saturated heterocycles. The number of allylic oxidation sites excluding steroid dienone is 1. The van der Waals surface area contributed by atoms with E-state index in [0.29, 0.717) is 5.02 Å². The molecule has 0 aliphatic carbocycles. The van der Waals surface area contributed by atoms with Crippen molar-refractivity contribution >= 4 is 35.5 Å².